The molecule has 1 aromatic rings. The van der Waals surface area contributed by atoms with Gasteiger partial charge < -0.3 is 10.2 Å². The van der Waals surface area contributed by atoms with Gasteiger partial charge in [0.05, 0.1) is 5.56 Å². The average molecular weight is 442 g/mol. The molecule has 8 heteroatoms. The first-order valence-electron chi connectivity index (χ1n) is 10.9. The van der Waals surface area contributed by atoms with Gasteiger partial charge in [0.1, 0.15) is 6.04 Å². The number of hydrogen-bond acceptors (Lipinski definition) is 3. The van der Waals surface area contributed by atoms with Crippen molar-refractivity contribution in [2.24, 2.45) is 11.8 Å². The van der Waals surface area contributed by atoms with Crippen molar-refractivity contribution in [1.29, 1.82) is 0 Å². The number of hydrogen-bond donors (Lipinski definition) is 1. The summed E-state index contributed by atoms with van der Waals surface area (Å²) in [5.41, 5.74) is 0.164. The lowest BCUT2D eigenvalue weighted by molar-refractivity contribution is -0.138. The molecule has 5 nitrogen and oxygen atoms in total. The Morgan fingerprint density at radius 2 is 1.65 bits per heavy atom. The minimum Gasteiger partial charge on any atom is -0.344 e. The second-order valence-electron chi connectivity index (χ2n) is 9.04. The molecule has 0 aliphatic carbocycles. The number of benzene rings is 1. The van der Waals surface area contributed by atoms with Crippen LogP contribution in [0.1, 0.15) is 51.7 Å². The van der Waals surface area contributed by atoms with E-state index in [9.17, 15) is 22.8 Å². The topological polar surface area (TPSA) is 52.7 Å². The molecule has 1 atom stereocenters. The van der Waals surface area contributed by atoms with E-state index in [0.717, 1.165) is 30.7 Å². The predicted molar refractivity (Wildman–Crippen MR) is 114 cm³/mol. The summed E-state index contributed by atoms with van der Waals surface area (Å²) in [5.74, 6) is 0.0271. The highest BCUT2D eigenvalue weighted by Gasteiger charge is 2.31. The van der Waals surface area contributed by atoms with Gasteiger partial charge in [-0.1, -0.05) is 39.8 Å². The van der Waals surface area contributed by atoms with E-state index in [-0.39, 0.29) is 23.7 Å². The Balaban J connectivity index is 1.95. The third kappa shape index (κ3) is 7.83. The highest BCUT2D eigenvalue weighted by Crippen LogP contribution is 2.29. The molecule has 0 saturated carbocycles. The van der Waals surface area contributed by atoms with Crippen molar-refractivity contribution in [3.63, 3.8) is 0 Å². The standard InChI is InChI=1S/C23H34F3N3O2/c1-16(2)14-20(30)27-21(17(3)4)22(31)29-11-5-10-28(12-13-29)15-18-6-8-19(9-7-18)23(24,25)26/h6-9,16-17,21H,5,10-15H2,1-4H3,(H,27,30). The van der Waals surface area contributed by atoms with E-state index >= 15 is 0 Å². The van der Waals surface area contributed by atoms with Crippen LogP contribution in [0.2, 0.25) is 0 Å². The van der Waals surface area contributed by atoms with Gasteiger partial charge in [-0.2, -0.15) is 13.2 Å². The second kappa shape index (κ2) is 11.0. The molecule has 0 aromatic heterocycles. The van der Waals surface area contributed by atoms with Gasteiger partial charge in [0.25, 0.3) is 0 Å². The van der Waals surface area contributed by atoms with Crippen LogP contribution in [0.4, 0.5) is 13.2 Å². The van der Waals surface area contributed by atoms with Gasteiger partial charge in [-0.05, 0) is 36.0 Å². The Labute approximate surface area is 183 Å². The summed E-state index contributed by atoms with van der Waals surface area (Å²) < 4.78 is 38.2. The second-order valence-corrected chi connectivity index (χ2v) is 9.04. The normalized spacial score (nSPS) is 17.0. The van der Waals surface area contributed by atoms with Gasteiger partial charge in [0, 0.05) is 39.1 Å². The summed E-state index contributed by atoms with van der Waals surface area (Å²) in [5, 5.41) is 2.90. The van der Waals surface area contributed by atoms with Gasteiger partial charge in [0.2, 0.25) is 11.8 Å². The van der Waals surface area contributed by atoms with E-state index in [1.165, 1.54) is 12.1 Å². The molecular weight excluding hydrogens is 407 g/mol. The fraction of sp³-hybridized carbons (Fsp3) is 0.652. The van der Waals surface area contributed by atoms with Crippen molar-refractivity contribution in [3.05, 3.63) is 35.4 Å². The third-order valence-electron chi connectivity index (χ3n) is 5.43. The van der Waals surface area contributed by atoms with E-state index in [1.807, 2.05) is 27.7 Å². The van der Waals surface area contributed by atoms with E-state index < -0.39 is 17.8 Å². The molecule has 1 saturated heterocycles. The fourth-order valence-electron chi connectivity index (χ4n) is 3.72. The first-order chi connectivity index (χ1) is 14.5. The monoisotopic (exact) mass is 441 g/mol. The molecule has 1 aliphatic rings. The van der Waals surface area contributed by atoms with E-state index in [2.05, 4.69) is 10.2 Å². The summed E-state index contributed by atoms with van der Waals surface area (Å²) >= 11 is 0. The molecule has 0 radical (unpaired) electrons. The van der Waals surface area contributed by atoms with Crippen molar-refractivity contribution in [2.45, 2.75) is 59.3 Å². The molecule has 2 amide bonds. The number of carbonyl (C=O) groups excluding carboxylic acids is 2. The Hall–Kier alpha value is -2.09. The zero-order valence-corrected chi connectivity index (χ0v) is 18.8. The van der Waals surface area contributed by atoms with Gasteiger partial charge in [-0.15, -0.1) is 0 Å². The number of amides is 2. The zero-order chi connectivity index (χ0) is 23.2. The third-order valence-corrected chi connectivity index (χ3v) is 5.43. The number of nitrogens with one attached hydrogen (secondary N) is 1. The molecule has 1 fully saturated rings. The van der Waals surface area contributed by atoms with Crippen LogP contribution in [0, 0.1) is 11.8 Å². The minimum absolute atomic E-state index is 0.0184. The molecule has 1 aromatic carbocycles. The van der Waals surface area contributed by atoms with Gasteiger partial charge in [0.15, 0.2) is 0 Å². The Morgan fingerprint density at radius 1 is 1.00 bits per heavy atom. The van der Waals surface area contributed by atoms with Crippen LogP contribution < -0.4 is 5.32 Å². The highest BCUT2D eigenvalue weighted by atomic mass is 19.4. The predicted octanol–water partition coefficient (Wildman–Crippen LogP) is 3.93. The number of halogens is 3. The fourth-order valence-corrected chi connectivity index (χ4v) is 3.72. The molecule has 0 bridgehead atoms. The van der Waals surface area contributed by atoms with Crippen molar-refractivity contribution >= 4 is 11.8 Å². The lowest BCUT2D eigenvalue weighted by atomic mass is 10.0. The zero-order valence-electron chi connectivity index (χ0n) is 18.8. The Kier molecular flexibility index (Phi) is 8.91. The van der Waals surface area contributed by atoms with Crippen LogP contribution in [0.3, 0.4) is 0 Å². The van der Waals surface area contributed by atoms with Crippen LogP contribution >= 0.6 is 0 Å². The van der Waals surface area contributed by atoms with Crippen LogP contribution in [0.15, 0.2) is 24.3 Å². The number of rotatable bonds is 7. The molecule has 1 unspecified atom stereocenters. The number of nitrogens with zero attached hydrogens (tertiary/aromatic N) is 2. The van der Waals surface area contributed by atoms with Crippen LogP contribution in [0.25, 0.3) is 0 Å². The maximum absolute atomic E-state index is 13.1. The molecule has 2 rings (SSSR count). The summed E-state index contributed by atoms with van der Waals surface area (Å²) in [6.45, 7) is 10.8. The average Bonchev–Trinajstić information content (AvgIpc) is 2.90. The summed E-state index contributed by atoms with van der Waals surface area (Å²) in [7, 11) is 0. The number of alkyl halides is 3. The lowest BCUT2D eigenvalue weighted by Gasteiger charge is -2.29. The molecule has 1 heterocycles. The smallest absolute Gasteiger partial charge is 0.344 e. The Bertz CT molecular complexity index is 733. The van der Waals surface area contributed by atoms with E-state index in [1.54, 1.807) is 4.90 Å². The van der Waals surface area contributed by atoms with Crippen molar-refractivity contribution in [1.82, 2.24) is 15.1 Å². The maximum atomic E-state index is 13.1. The van der Waals surface area contributed by atoms with Gasteiger partial charge in [-0.3, -0.25) is 14.5 Å². The van der Waals surface area contributed by atoms with Gasteiger partial charge in [-0.25, -0.2) is 0 Å². The first kappa shape index (κ1) is 25.2. The largest absolute Gasteiger partial charge is 0.416 e. The van der Waals surface area contributed by atoms with Crippen LogP contribution in [0.5, 0.6) is 0 Å². The molecule has 1 aliphatic heterocycles. The van der Waals surface area contributed by atoms with Gasteiger partial charge >= 0.3 is 6.18 Å². The summed E-state index contributed by atoms with van der Waals surface area (Å²) in [6.07, 6.45) is -3.17. The van der Waals surface area contributed by atoms with Crippen molar-refractivity contribution < 1.29 is 22.8 Å². The summed E-state index contributed by atoms with van der Waals surface area (Å²) in [6, 6.07) is 4.69. The van der Waals surface area contributed by atoms with E-state index in [4.69, 9.17) is 0 Å². The highest BCUT2D eigenvalue weighted by molar-refractivity contribution is 5.88. The van der Waals surface area contributed by atoms with E-state index in [0.29, 0.717) is 32.6 Å². The molecule has 1 N–H and O–H groups in total. The molecule has 0 spiro atoms. The number of carbonyl (C=O) groups is 2. The summed E-state index contributed by atoms with van der Waals surface area (Å²) in [4.78, 5) is 29.2. The SMILES string of the molecule is CC(C)CC(=O)NC(C(=O)N1CCCN(Cc2ccc(C(F)(F)F)cc2)CC1)C(C)C. The first-order valence-corrected chi connectivity index (χ1v) is 10.9. The Morgan fingerprint density at radius 3 is 2.19 bits per heavy atom. The molecular formula is C23H34F3N3O2. The van der Waals surface area contributed by atoms with Crippen LogP contribution in [-0.4, -0.2) is 53.8 Å². The van der Waals surface area contributed by atoms with Crippen LogP contribution in [-0.2, 0) is 22.3 Å². The van der Waals surface area contributed by atoms with Crippen molar-refractivity contribution in [2.75, 3.05) is 26.2 Å². The maximum Gasteiger partial charge on any atom is 0.416 e. The quantitative estimate of drug-likeness (QED) is 0.698. The molecule has 31 heavy (non-hydrogen) atoms. The minimum atomic E-state index is -4.33. The molecule has 174 valence electrons. The van der Waals surface area contributed by atoms with Crippen molar-refractivity contribution in [3.8, 4) is 0 Å². The lowest BCUT2D eigenvalue weighted by Crippen LogP contribution is -2.52.